The second-order valence-electron chi connectivity index (χ2n) is 5.83. The third kappa shape index (κ3) is 4.55. The second-order valence-corrected chi connectivity index (χ2v) is 7.00. The maximum absolute atomic E-state index is 4.82. The third-order valence-electron chi connectivity index (χ3n) is 3.67. The number of hydrogen-bond donors (Lipinski definition) is 1. The minimum Gasteiger partial charge on any atom is -0.309 e. The van der Waals surface area contributed by atoms with E-state index in [9.17, 15) is 0 Å². The Labute approximate surface area is 121 Å². The quantitative estimate of drug-likeness (QED) is 0.832. The molecule has 1 saturated carbocycles. The highest BCUT2D eigenvalue weighted by atomic mass is 32.1. The summed E-state index contributed by atoms with van der Waals surface area (Å²) in [6.45, 7) is 4.22. The van der Waals surface area contributed by atoms with Crippen LogP contribution >= 0.6 is 11.3 Å². The fourth-order valence-electron chi connectivity index (χ4n) is 2.71. The van der Waals surface area contributed by atoms with Crippen LogP contribution in [-0.2, 0) is 19.5 Å². The molecule has 0 amide bonds. The van der Waals surface area contributed by atoms with Crippen LogP contribution < -0.4 is 5.32 Å². The summed E-state index contributed by atoms with van der Waals surface area (Å²) in [6, 6.07) is 0.744. The van der Waals surface area contributed by atoms with E-state index >= 15 is 0 Å². The molecule has 0 aromatic carbocycles. The second kappa shape index (κ2) is 7.36. The van der Waals surface area contributed by atoms with Crippen molar-refractivity contribution in [3.8, 4) is 0 Å². The molecule has 108 valence electrons. The molecular weight excluding hydrogens is 254 g/mol. The number of hydrogen-bond acceptors (Lipinski definition) is 4. The van der Waals surface area contributed by atoms with Crippen LogP contribution in [0.2, 0.25) is 0 Å². The number of rotatable bonds is 7. The highest BCUT2D eigenvalue weighted by Crippen LogP contribution is 2.23. The Morgan fingerprint density at radius 2 is 2.05 bits per heavy atom. The first-order valence-electron chi connectivity index (χ1n) is 7.54. The van der Waals surface area contributed by atoms with Crippen molar-refractivity contribution in [1.29, 1.82) is 0 Å². The zero-order valence-electron chi connectivity index (χ0n) is 12.5. The zero-order valence-corrected chi connectivity index (χ0v) is 13.4. The zero-order chi connectivity index (χ0) is 13.7. The lowest BCUT2D eigenvalue weighted by molar-refractivity contribution is 0.401. The fourth-order valence-corrected chi connectivity index (χ4v) is 3.90. The van der Waals surface area contributed by atoms with E-state index in [1.54, 1.807) is 0 Å². The average molecular weight is 281 g/mol. The van der Waals surface area contributed by atoms with Gasteiger partial charge in [-0.05, 0) is 33.4 Å². The molecule has 1 aliphatic carbocycles. The molecule has 0 bridgehead atoms. The van der Waals surface area contributed by atoms with Crippen LogP contribution in [0.3, 0.4) is 0 Å². The number of aromatic nitrogens is 1. The highest BCUT2D eigenvalue weighted by molar-refractivity contribution is 7.11. The van der Waals surface area contributed by atoms with Gasteiger partial charge in [0.2, 0.25) is 0 Å². The third-order valence-corrected chi connectivity index (χ3v) is 4.75. The monoisotopic (exact) mass is 281 g/mol. The van der Waals surface area contributed by atoms with Gasteiger partial charge in [0.05, 0.1) is 5.69 Å². The summed E-state index contributed by atoms with van der Waals surface area (Å²) in [5.41, 5.74) is 1.33. The predicted octanol–water partition coefficient (Wildman–Crippen LogP) is 3.19. The van der Waals surface area contributed by atoms with Crippen molar-refractivity contribution in [2.75, 3.05) is 14.1 Å². The lowest BCUT2D eigenvalue weighted by atomic mass is 10.2. The van der Waals surface area contributed by atoms with Crippen LogP contribution in [-0.4, -0.2) is 30.0 Å². The minimum absolute atomic E-state index is 0.744. The van der Waals surface area contributed by atoms with Gasteiger partial charge in [-0.2, -0.15) is 0 Å². The van der Waals surface area contributed by atoms with Crippen LogP contribution in [0, 0.1) is 0 Å². The summed E-state index contributed by atoms with van der Waals surface area (Å²) in [4.78, 5) is 8.48. The van der Waals surface area contributed by atoms with Crippen molar-refractivity contribution in [1.82, 2.24) is 15.2 Å². The van der Waals surface area contributed by atoms with Gasteiger partial charge in [-0.25, -0.2) is 4.98 Å². The first-order chi connectivity index (χ1) is 9.19. The minimum atomic E-state index is 0.744. The largest absolute Gasteiger partial charge is 0.309 e. The molecule has 0 aliphatic heterocycles. The average Bonchev–Trinajstić information content (AvgIpc) is 2.96. The van der Waals surface area contributed by atoms with E-state index in [1.165, 1.54) is 47.7 Å². The summed E-state index contributed by atoms with van der Waals surface area (Å²) in [7, 11) is 4.22. The van der Waals surface area contributed by atoms with Gasteiger partial charge in [-0.3, -0.25) is 0 Å². The van der Waals surface area contributed by atoms with Crippen molar-refractivity contribution >= 4 is 11.3 Å². The maximum Gasteiger partial charge on any atom is 0.107 e. The molecule has 1 heterocycles. The molecule has 1 aromatic rings. The Bertz CT molecular complexity index is 381. The van der Waals surface area contributed by atoms with Gasteiger partial charge in [0, 0.05) is 24.0 Å². The summed E-state index contributed by atoms with van der Waals surface area (Å²) < 4.78 is 0. The SMILES string of the molecule is CCCc1nc(CN(C)C)sc1CNC1CCCC1. The van der Waals surface area contributed by atoms with Gasteiger partial charge in [0.25, 0.3) is 0 Å². The topological polar surface area (TPSA) is 28.2 Å². The molecule has 0 saturated heterocycles. The standard InChI is InChI=1S/C15H27N3S/c1-4-7-13-14(10-16-12-8-5-6-9-12)19-15(17-13)11-18(2)3/h12,16H,4-11H2,1-3H3. The molecule has 19 heavy (non-hydrogen) atoms. The van der Waals surface area contributed by atoms with Gasteiger partial charge >= 0.3 is 0 Å². The van der Waals surface area contributed by atoms with Crippen LogP contribution in [0.15, 0.2) is 0 Å². The van der Waals surface area contributed by atoms with Crippen LogP contribution in [0.1, 0.15) is 54.6 Å². The molecule has 0 spiro atoms. The molecule has 0 atom stereocenters. The number of nitrogens with one attached hydrogen (secondary N) is 1. The van der Waals surface area contributed by atoms with Crippen LogP contribution in [0.5, 0.6) is 0 Å². The fraction of sp³-hybridized carbons (Fsp3) is 0.800. The van der Waals surface area contributed by atoms with Crippen molar-refractivity contribution in [2.24, 2.45) is 0 Å². The first-order valence-corrected chi connectivity index (χ1v) is 8.36. The molecule has 0 unspecified atom stereocenters. The van der Waals surface area contributed by atoms with E-state index < -0.39 is 0 Å². The van der Waals surface area contributed by atoms with Gasteiger partial charge in [0.15, 0.2) is 0 Å². The lowest BCUT2D eigenvalue weighted by Gasteiger charge is -2.11. The molecule has 3 nitrogen and oxygen atoms in total. The predicted molar refractivity (Wildman–Crippen MR) is 82.6 cm³/mol. The molecule has 1 aromatic heterocycles. The van der Waals surface area contributed by atoms with Crippen LogP contribution in [0.25, 0.3) is 0 Å². The molecule has 1 aliphatic rings. The van der Waals surface area contributed by atoms with E-state index in [1.807, 2.05) is 11.3 Å². The van der Waals surface area contributed by atoms with Gasteiger partial charge < -0.3 is 10.2 Å². The molecule has 1 N–H and O–H groups in total. The van der Waals surface area contributed by atoms with E-state index in [4.69, 9.17) is 4.98 Å². The Morgan fingerprint density at radius 1 is 1.32 bits per heavy atom. The Balaban J connectivity index is 1.97. The van der Waals surface area contributed by atoms with Crippen LogP contribution in [0.4, 0.5) is 0 Å². The highest BCUT2D eigenvalue weighted by Gasteiger charge is 2.16. The Hall–Kier alpha value is -0.450. The number of thiazole rings is 1. The summed E-state index contributed by atoms with van der Waals surface area (Å²) in [5.74, 6) is 0. The Kier molecular flexibility index (Phi) is 5.79. The molecule has 0 radical (unpaired) electrons. The number of nitrogens with zero attached hydrogens (tertiary/aromatic N) is 2. The van der Waals surface area contributed by atoms with Gasteiger partial charge in [-0.1, -0.05) is 26.2 Å². The van der Waals surface area contributed by atoms with E-state index in [-0.39, 0.29) is 0 Å². The maximum atomic E-state index is 4.82. The molecule has 2 rings (SSSR count). The van der Waals surface area contributed by atoms with Crippen molar-refractivity contribution < 1.29 is 0 Å². The first kappa shape index (κ1) is 14.9. The molecule has 1 fully saturated rings. The van der Waals surface area contributed by atoms with E-state index in [2.05, 4.69) is 31.2 Å². The summed E-state index contributed by atoms with van der Waals surface area (Å²) >= 11 is 1.90. The lowest BCUT2D eigenvalue weighted by Crippen LogP contribution is -2.25. The van der Waals surface area contributed by atoms with Crippen molar-refractivity contribution in [3.63, 3.8) is 0 Å². The Morgan fingerprint density at radius 3 is 2.68 bits per heavy atom. The normalized spacial score (nSPS) is 16.6. The summed E-state index contributed by atoms with van der Waals surface area (Å²) in [5, 5.41) is 4.98. The smallest absolute Gasteiger partial charge is 0.107 e. The summed E-state index contributed by atoms with van der Waals surface area (Å²) in [6.07, 6.45) is 7.80. The molecular formula is C15H27N3S. The van der Waals surface area contributed by atoms with Crippen molar-refractivity contribution in [2.45, 2.75) is 64.6 Å². The van der Waals surface area contributed by atoms with E-state index in [0.717, 1.165) is 25.6 Å². The van der Waals surface area contributed by atoms with E-state index in [0.29, 0.717) is 0 Å². The van der Waals surface area contributed by atoms with Crippen molar-refractivity contribution in [3.05, 3.63) is 15.6 Å². The van der Waals surface area contributed by atoms with Gasteiger partial charge in [0.1, 0.15) is 5.01 Å². The molecule has 4 heteroatoms. The number of aryl methyl sites for hydroxylation is 1. The van der Waals surface area contributed by atoms with Gasteiger partial charge in [-0.15, -0.1) is 11.3 Å².